The van der Waals surface area contributed by atoms with Crippen molar-refractivity contribution in [2.45, 2.75) is 13.8 Å². The van der Waals surface area contributed by atoms with Crippen LogP contribution in [-0.4, -0.2) is 17.0 Å². The highest BCUT2D eigenvalue weighted by Crippen LogP contribution is 2.18. The van der Waals surface area contributed by atoms with Crippen LogP contribution in [-0.2, 0) is 0 Å². The molecule has 1 amide bonds. The molecule has 0 unspecified atom stereocenters. The van der Waals surface area contributed by atoms with Gasteiger partial charge in [0.2, 0.25) is 0 Å². The maximum Gasteiger partial charge on any atom is 0.336 e. The van der Waals surface area contributed by atoms with Gasteiger partial charge in [-0.1, -0.05) is 17.7 Å². The molecule has 0 spiro atoms. The van der Waals surface area contributed by atoms with Crippen molar-refractivity contribution in [3.8, 4) is 0 Å². The first kappa shape index (κ1) is 15.1. The second-order valence-corrected chi connectivity index (χ2v) is 5.24. The number of carbonyl (C=O) groups excluding carboxylic acids is 1. The Labute approximate surface area is 127 Å². The van der Waals surface area contributed by atoms with E-state index in [1.165, 1.54) is 6.07 Å². The number of anilines is 1. The molecule has 0 radical (unpaired) electrons. The van der Waals surface area contributed by atoms with Gasteiger partial charge < -0.3 is 10.4 Å². The molecule has 21 heavy (non-hydrogen) atoms. The molecule has 2 N–H and O–H groups in total. The molecule has 0 aliphatic heterocycles. The van der Waals surface area contributed by atoms with Gasteiger partial charge in [0, 0.05) is 16.3 Å². The standard InChI is InChI=1S/C16H14ClNO3/c1-9-5-11(7-12(17)6-9)15(19)18-13-4-3-10(2)14(8-13)16(20)21/h3-8H,1-2H3,(H,18,19)(H,20,21). The Balaban J connectivity index is 2.27. The van der Waals surface area contributed by atoms with Crippen LogP contribution in [0.25, 0.3) is 0 Å². The molecule has 0 saturated heterocycles. The molecular formula is C16H14ClNO3. The van der Waals surface area contributed by atoms with Crippen LogP contribution in [0.2, 0.25) is 5.02 Å². The van der Waals surface area contributed by atoms with Crippen LogP contribution >= 0.6 is 11.6 Å². The molecule has 0 aromatic heterocycles. The number of benzene rings is 2. The Morgan fingerprint density at radius 1 is 1.10 bits per heavy atom. The molecule has 2 rings (SSSR count). The number of hydrogen-bond acceptors (Lipinski definition) is 2. The third-order valence-corrected chi connectivity index (χ3v) is 3.25. The second kappa shape index (κ2) is 5.97. The fraction of sp³-hybridized carbons (Fsp3) is 0.125. The van der Waals surface area contributed by atoms with Crippen molar-refractivity contribution in [1.82, 2.24) is 0 Å². The van der Waals surface area contributed by atoms with E-state index in [-0.39, 0.29) is 11.5 Å². The number of carbonyl (C=O) groups is 2. The van der Waals surface area contributed by atoms with Gasteiger partial charge in [-0.2, -0.15) is 0 Å². The summed E-state index contributed by atoms with van der Waals surface area (Å²) in [5.74, 6) is -1.36. The van der Waals surface area contributed by atoms with Gasteiger partial charge in [0.15, 0.2) is 0 Å². The summed E-state index contributed by atoms with van der Waals surface area (Å²) >= 11 is 5.93. The lowest BCUT2D eigenvalue weighted by molar-refractivity contribution is 0.0695. The lowest BCUT2D eigenvalue weighted by atomic mass is 10.1. The molecule has 2 aromatic carbocycles. The molecule has 4 nitrogen and oxygen atoms in total. The number of amides is 1. The van der Waals surface area contributed by atoms with Crippen molar-refractivity contribution in [2.24, 2.45) is 0 Å². The van der Waals surface area contributed by atoms with Crippen LogP contribution in [0, 0.1) is 13.8 Å². The van der Waals surface area contributed by atoms with Crippen LogP contribution < -0.4 is 5.32 Å². The number of carboxylic acids is 1. The van der Waals surface area contributed by atoms with E-state index in [1.807, 2.05) is 6.92 Å². The van der Waals surface area contributed by atoms with Gasteiger partial charge in [-0.15, -0.1) is 0 Å². The second-order valence-electron chi connectivity index (χ2n) is 4.81. The van der Waals surface area contributed by atoms with Gasteiger partial charge in [0.05, 0.1) is 5.56 Å². The molecule has 0 aliphatic rings. The van der Waals surface area contributed by atoms with Crippen LogP contribution in [0.1, 0.15) is 31.8 Å². The zero-order valence-corrected chi connectivity index (χ0v) is 12.4. The fourth-order valence-electron chi connectivity index (χ4n) is 2.00. The Bertz CT molecular complexity index is 705. The van der Waals surface area contributed by atoms with Gasteiger partial charge in [-0.3, -0.25) is 4.79 Å². The maximum atomic E-state index is 12.2. The first-order chi connectivity index (χ1) is 9.86. The number of aryl methyl sites for hydroxylation is 2. The van der Waals surface area contributed by atoms with Gasteiger partial charge >= 0.3 is 5.97 Å². The highest BCUT2D eigenvalue weighted by Gasteiger charge is 2.11. The summed E-state index contributed by atoms with van der Waals surface area (Å²) in [6, 6.07) is 9.79. The average molecular weight is 304 g/mol. The third-order valence-electron chi connectivity index (χ3n) is 3.03. The predicted molar refractivity (Wildman–Crippen MR) is 82.3 cm³/mol. The van der Waals surface area contributed by atoms with Crippen LogP contribution in [0.15, 0.2) is 36.4 Å². The van der Waals surface area contributed by atoms with Crippen molar-refractivity contribution < 1.29 is 14.7 Å². The third kappa shape index (κ3) is 3.61. The van der Waals surface area contributed by atoms with Gasteiger partial charge in [0.1, 0.15) is 0 Å². The number of hydrogen-bond donors (Lipinski definition) is 2. The summed E-state index contributed by atoms with van der Waals surface area (Å²) < 4.78 is 0. The normalized spacial score (nSPS) is 10.2. The molecule has 108 valence electrons. The van der Waals surface area contributed by atoms with Crippen molar-refractivity contribution in [3.05, 3.63) is 63.7 Å². The molecule has 0 aliphatic carbocycles. The van der Waals surface area contributed by atoms with E-state index < -0.39 is 5.97 Å². The van der Waals surface area contributed by atoms with Crippen LogP contribution in [0.3, 0.4) is 0 Å². The lowest BCUT2D eigenvalue weighted by Crippen LogP contribution is -2.13. The number of halogens is 1. The molecule has 0 bridgehead atoms. The summed E-state index contributed by atoms with van der Waals surface area (Å²) in [5, 5.41) is 12.2. The van der Waals surface area contributed by atoms with Crippen molar-refractivity contribution in [1.29, 1.82) is 0 Å². The van der Waals surface area contributed by atoms with Gasteiger partial charge in [0.25, 0.3) is 5.91 Å². The minimum absolute atomic E-state index is 0.162. The Morgan fingerprint density at radius 2 is 1.81 bits per heavy atom. The van der Waals surface area contributed by atoms with Gasteiger partial charge in [-0.05, 0) is 55.3 Å². The summed E-state index contributed by atoms with van der Waals surface area (Å²) in [4.78, 5) is 23.3. The fourth-order valence-corrected chi connectivity index (χ4v) is 2.29. The summed E-state index contributed by atoms with van der Waals surface area (Å²) in [7, 11) is 0. The average Bonchev–Trinajstić information content (AvgIpc) is 2.39. The minimum atomic E-state index is -1.03. The molecule has 5 heteroatoms. The monoisotopic (exact) mass is 303 g/mol. The topological polar surface area (TPSA) is 66.4 Å². The zero-order valence-electron chi connectivity index (χ0n) is 11.6. The smallest absolute Gasteiger partial charge is 0.336 e. The molecule has 0 fully saturated rings. The summed E-state index contributed by atoms with van der Waals surface area (Å²) in [6.45, 7) is 3.55. The van der Waals surface area contributed by atoms with E-state index in [1.54, 1.807) is 37.3 Å². The highest BCUT2D eigenvalue weighted by molar-refractivity contribution is 6.31. The number of nitrogens with one attached hydrogen (secondary N) is 1. The zero-order chi connectivity index (χ0) is 15.6. The van der Waals surface area contributed by atoms with Crippen LogP contribution in [0.4, 0.5) is 5.69 Å². The number of aromatic carboxylic acids is 1. The quantitative estimate of drug-likeness (QED) is 0.903. The largest absolute Gasteiger partial charge is 0.478 e. The van der Waals surface area contributed by atoms with E-state index >= 15 is 0 Å². The van der Waals surface area contributed by atoms with Gasteiger partial charge in [-0.25, -0.2) is 4.79 Å². The lowest BCUT2D eigenvalue weighted by Gasteiger charge is -2.09. The predicted octanol–water partition coefficient (Wildman–Crippen LogP) is 3.91. The minimum Gasteiger partial charge on any atom is -0.478 e. The van der Waals surface area contributed by atoms with Crippen molar-refractivity contribution in [2.75, 3.05) is 5.32 Å². The molecule has 0 heterocycles. The maximum absolute atomic E-state index is 12.2. The molecule has 2 aromatic rings. The van der Waals surface area contributed by atoms with E-state index in [4.69, 9.17) is 16.7 Å². The van der Waals surface area contributed by atoms with E-state index in [9.17, 15) is 9.59 Å². The number of rotatable bonds is 3. The Morgan fingerprint density at radius 3 is 2.43 bits per heavy atom. The highest BCUT2D eigenvalue weighted by atomic mass is 35.5. The Hall–Kier alpha value is -2.33. The SMILES string of the molecule is Cc1cc(Cl)cc(C(=O)Nc2ccc(C)c(C(=O)O)c2)c1. The summed E-state index contributed by atoms with van der Waals surface area (Å²) in [6.07, 6.45) is 0. The molecule has 0 saturated carbocycles. The van der Waals surface area contributed by atoms with Crippen molar-refractivity contribution in [3.63, 3.8) is 0 Å². The Kier molecular flexibility index (Phi) is 4.29. The first-order valence-corrected chi connectivity index (χ1v) is 6.67. The molecule has 0 atom stereocenters. The van der Waals surface area contributed by atoms with Crippen LogP contribution in [0.5, 0.6) is 0 Å². The summed E-state index contributed by atoms with van der Waals surface area (Å²) in [5.41, 5.74) is 2.54. The van der Waals surface area contributed by atoms with E-state index in [0.717, 1.165) is 5.56 Å². The first-order valence-electron chi connectivity index (χ1n) is 6.29. The van der Waals surface area contributed by atoms with E-state index in [2.05, 4.69) is 5.32 Å². The van der Waals surface area contributed by atoms with E-state index in [0.29, 0.717) is 21.8 Å². The van der Waals surface area contributed by atoms with Crippen molar-refractivity contribution >= 4 is 29.2 Å². The number of carboxylic acid groups (broad SMARTS) is 1. The molecular weight excluding hydrogens is 290 g/mol.